The number of hydrogen-bond acceptors (Lipinski definition) is 4. The third-order valence-electron chi connectivity index (χ3n) is 3.59. The van der Waals surface area contributed by atoms with Gasteiger partial charge >= 0.3 is 0 Å². The van der Waals surface area contributed by atoms with Crippen LogP contribution in [0.2, 0.25) is 0 Å². The first-order chi connectivity index (χ1) is 8.67. The van der Waals surface area contributed by atoms with E-state index in [1.165, 1.54) is 0 Å². The summed E-state index contributed by atoms with van der Waals surface area (Å²) >= 11 is 0. The van der Waals surface area contributed by atoms with Gasteiger partial charge in [0.25, 0.3) is 0 Å². The molecule has 0 amide bonds. The molecule has 0 aliphatic carbocycles. The molecule has 0 aromatic carbocycles. The molecule has 3 atom stereocenters. The summed E-state index contributed by atoms with van der Waals surface area (Å²) < 4.78 is 34.0. The summed E-state index contributed by atoms with van der Waals surface area (Å²) in [4.78, 5) is 0. The van der Waals surface area contributed by atoms with Crippen molar-refractivity contribution >= 4 is 10.0 Å². The largest absolute Gasteiger partial charge is 0.378 e. The van der Waals surface area contributed by atoms with Gasteiger partial charge in [-0.3, -0.25) is 0 Å². The standard InChI is InChI=1S/C13H27NO4S/c1-9(2)12(8-19(14,15)16)7-17-13-5-10(3)18-11(4)6-13/h9-13H,5-8H2,1-4H3,(H2,14,15,16). The predicted molar refractivity (Wildman–Crippen MR) is 75.3 cm³/mol. The van der Waals surface area contributed by atoms with E-state index in [0.29, 0.717) is 6.61 Å². The second-order valence-corrected chi connectivity index (χ2v) is 7.68. The Morgan fingerprint density at radius 3 is 2.21 bits per heavy atom. The lowest BCUT2D eigenvalue weighted by Gasteiger charge is -2.33. The number of ether oxygens (including phenoxy) is 2. The van der Waals surface area contributed by atoms with Gasteiger partial charge in [-0.15, -0.1) is 0 Å². The Kier molecular flexibility index (Phi) is 6.23. The average molecular weight is 293 g/mol. The van der Waals surface area contributed by atoms with Crippen molar-refractivity contribution in [1.29, 1.82) is 0 Å². The highest BCUT2D eigenvalue weighted by atomic mass is 32.2. The quantitative estimate of drug-likeness (QED) is 0.805. The molecule has 0 spiro atoms. The maximum atomic E-state index is 11.2. The van der Waals surface area contributed by atoms with E-state index in [2.05, 4.69) is 0 Å². The van der Waals surface area contributed by atoms with Crippen molar-refractivity contribution < 1.29 is 17.9 Å². The van der Waals surface area contributed by atoms with Crippen LogP contribution < -0.4 is 5.14 Å². The smallest absolute Gasteiger partial charge is 0.209 e. The molecular weight excluding hydrogens is 266 g/mol. The molecule has 5 nitrogen and oxygen atoms in total. The van der Waals surface area contributed by atoms with Gasteiger partial charge in [0.05, 0.1) is 30.7 Å². The normalized spacial score (nSPS) is 30.5. The van der Waals surface area contributed by atoms with Crippen LogP contribution in [-0.2, 0) is 19.5 Å². The fourth-order valence-electron chi connectivity index (χ4n) is 2.47. The number of sulfonamides is 1. The minimum atomic E-state index is -3.45. The van der Waals surface area contributed by atoms with Crippen molar-refractivity contribution in [3.05, 3.63) is 0 Å². The summed E-state index contributed by atoms with van der Waals surface area (Å²) in [5.74, 6) is 0.162. The Hall–Kier alpha value is -0.170. The first-order valence-corrected chi connectivity index (χ1v) is 8.66. The zero-order chi connectivity index (χ0) is 14.6. The van der Waals surface area contributed by atoms with Crippen LogP contribution >= 0.6 is 0 Å². The van der Waals surface area contributed by atoms with Gasteiger partial charge in [0, 0.05) is 0 Å². The lowest BCUT2D eigenvalue weighted by molar-refractivity contribution is -0.107. The van der Waals surface area contributed by atoms with E-state index in [9.17, 15) is 8.42 Å². The van der Waals surface area contributed by atoms with Crippen LogP contribution in [0.3, 0.4) is 0 Å². The SMILES string of the molecule is CC1CC(OCC(CS(N)(=O)=O)C(C)C)CC(C)O1. The van der Waals surface area contributed by atoms with Gasteiger partial charge in [-0.25, -0.2) is 13.6 Å². The highest BCUT2D eigenvalue weighted by molar-refractivity contribution is 7.89. The van der Waals surface area contributed by atoms with Gasteiger partial charge in [-0.05, 0) is 38.5 Å². The Labute approximate surface area is 116 Å². The van der Waals surface area contributed by atoms with Crippen LogP contribution in [0.1, 0.15) is 40.5 Å². The molecule has 19 heavy (non-hydrogen) atoms. The van der Waals surface area contributed by atoms with Crippen LogP contribution in [0.25, 0.3) is 0 Å². The van der Waals surface area contributed by atoms with E-state index >= 15 is 0 Å². The van der Waals surface area contributed by atoms with Gasteiger partial charge in [-0.2, -0.15) is 0 Å². The van der Waals surface area contributed by atoms with Crippen molar-refractivity contribution in [3.63, 3.8) is 0 Å². The van der Waals surface area contributed by atoms with Crippen molar-refractivity contribution in [1.82, 2.24) is 0 Å². The van der Waals surface area contributed by atoms with Gasteiger partial charge < -0.3 is 9.47 Å². The van der Waals surface area contributed by atoms with Crippen molar-refractivity contribution in [2.75, 3.05) is 12.4 Å². The van der Waals surface area contributed by atoms with E-state index < -0.39 is 10.0 Å². The number of rotatable bonds is 6. The fourth-order valence-corrected chi connectivity index (χ4v) is 3.55. The van der Waals surface area contributed by atoms with Crippen LogP contribution in [-0.4, -0.2) is 39.1 Å². The topological polar surface area (TPSA) is 78.6 Å². The molecule has 1 rings (SSSR count). The number of nitrogens with two attached hydrogens (primary N) is 1. The third kappa shape index (κ3) is 6.70. The van der Waals surface area contributed by atoms with Crippen LogP contribution in [0, 0.1) is 11.8 Å². The van der Waals surface area contributed by atoms with E-state index in [1.54, 1.807) is 0 Å². The highest BCUT2D eigenvalue weighted by Gasteiger charge is 2.27. The molecule has 0 aromatic rings. The zero-order valence-electron chi connectivity index (χ0n) is 12.3. The first kappa shape index (κ1) is 16.9. The minimum absolute atomic E-state index is 0.0149. The highest BCUT2D eigenvalue weighted by Crippen LogP contribution is 2.23. The Bertz CT molecular complexity index is 359. The Balaban J connectivity index is 2.47. The fraction of sp³-hybridized carbons (Fsp3) is 1.00. The summed E-state index contributed by atoms with van der Waals surface area (Å²) in [6.45, 7) is 8.51. The molecule has 6 heteroatoms. The molecule has 114 valence electrons. The molecule has 0 saturated carbocycles. The monoisotopic (exact) mass is 293 g/mol. The van der Waals surface area contributed by atoms with Crippen molar-refractivity contribution in [3.8, 4) is 0 Å². The average Bonchev–Trinajstić information content (AvgIpc) is 2.20. The van der Waals surface area contributed by atoms with E-state index in [-0.39, 0.29) is 35.9 Å². The number of primary sulfonamides is 1. The van der Waals surface area contributed by atoms with E-state index in [1.807, 2.05) is 27.7 Å². The minimum Gasteiger partial charge on any atom is -0.378 e. The van der Waals surface area contributed by atoms with Crippen LogP contribution in [0.5, 0.6) is 0 Å². The van der Waals surface area contributed by atoms with Crippen LogP contribution in [0.4, 0.5) is 0 Å². The molecule has 3 unspecified atom stereocenters. The van der Waals surface area contributed by atoms with Crippen molar-refractivity contribution in [2.24, 2.45) is 17.0 Å². The maximum Gasteiger partial charge on any atom is 0.209 e. The Morgan fingerprint density at radius 2 is 1.79 bits per heavy atom. The van der Waals surface area contributed by atoms with Gasteiger partial charge in [0.2, 0.25) is 10.0 Å². The summed E-state index contributed by atoms with van der Waals surface area (Å²) in [6.07, 6.45) is 2.28. The summed E-state index contributed by atoms with van der Waals surface area (Å²) in [6, 6.07) is 0. The van der Waals surface area contributed by atoms with Gasteiger partial charge in [0.15, 0.2) is 0 Å². The van der Waals surface area contributed by atoms with E-state index in [4.69, 9.17) is 14.6 Å². The molecule has 1 saturated heterocycles. The third-order valence-corrected chi connectivity index (χ3v) is 4.48. The zero-order valence-corrected chi connectivity index (χ0v) is 13.2. The second-order valence-electron chi connectivity index (χ2n) is 6.02. The second kappa shape index (κ2) is 7.02. The molecule has 2 N–H and O–H groups in total. The maximum absolute atomic E-state index is 11.2. The summed E-state index contributed by atoms with van der Waals surface area (Å²) in [5, 5.41) is 5.12. The molecule has 1 aliphatic rings. The molecule has 0 bridgehead atoms. The molecule has 0 aromatic heterocycles. The lowest BCUT2D eigenvalue weighted by Crippen LogP contribution is -2.36. The number of hydrogen-bond donors (Lipinski definition) is 1. The lowest BCUT2D eigenvalue weighted by atomic mass is 9.98. The van der Waals surface area contributed by atoms with Gasteiger partial charge in [0.1, 0.15) is 0 Å². The molecule has 1 heterocycles. The summed E-state index contributed by atoms with van der Waals surface area (Å²) in [7, 11) is -3.45. The molecule has 1 aliphatic heterocycles. The van der Waals surface area contributed by atoms with Gasteiger partial charge in [-0.1, -0.05) is 13.8 Å². The van der Waals surface area contributed by atoms with E-state index in [0.717, 1.165) is 12.8 Å². The molecular formula is C13H27NO4S. The van der Waals surface area contributed by atoms with Crippen molar-refractivity contribution in [2.45, 2.75) is 58.8 Å². The molecule has 0 radical (unpaired) electrons. The predicted octanol–water partition coefficient (Wildman–Crippen LogP) is 1.52. The summed E-state index contributed by atoms with van der Waals surface area (Å²) in [5.41, 5.74) is 0. The first-order valence-electron chi connectivity index (χ1n) is 6.95. The molecule has 1 fully saturated rings. The Morgan fingerprint density at radius 1 is 1.26 bits per heavy atom. The van der Waals surface area contributed by atoms with Crippen LogP contribution in [0.15, 0.2) is 0 Å².